The molecule has 2 aromatic rings. The maximum absolute atomic E-state index is 11.1. The summed E-state index contributed by atoms with van der Waals surface area (Å²) in [6.07, 6.45) is 7.29. The average molecular weight is 250 g/mol. The van der Waals surface area contributed by atoms with E-state index >= 15 is 0 Å². The molecule has 5 heteroatoms. The number of Topliss-reactive ketones (excluding diaryl/α,β-unsaturated/α-hetero) is 1. The van der Waals surface area contributed by atoms with Crippen molar-refractivity contribution in [1.82, 2.24) is 9.38 Å². The van der Waals surface area contributed by atoms with Gasteiger partial charge in [-0.2, -0.15) is 0 Å². The van der Waals surface area contributed by atoms with Gasteiger partial charge in [-0.25, -0.2) is 4.98 Å². The number of ether oxygens (including phenoxy) is 1. The van der Waals surface area contributed by atoms with Gasteiger partial charge in [-0.05, 0) is 12.8 Å². The molecule has 3 rings (SSSR count). The molecule has 2 heterocycles. The zero-order valence-corrected chi connectivity index (χ0v) is 10.3. The van der Waals surface area contributed by atoms with Crippen LogP contribution in [-0.4, -0.2) is 21.3 Å². The Morgan fingerprint density at radius 1 is 1.47 bits per heavy atom. The molecule has 0 aliphatic heterocycles. The van der Waals surface area contributed by atoms with Gasteiger partial charge in [-0.3, -0.25) is 9.20 Å². The number of aromatic nitrogens is 2. The molecule has 1 saturated carbocycles. The Morgan fingerprint density at radius 3 is 3.06 bits per heavy atom. The molecule has 2 aromatic heterocycles. The van der Waals surface area contributed by atoms with E-state index in [-0.39, 0.29) is 6.10 Å². The second-order valence-electron chi connectivity index (χ2n) is 4.37. The van der Waals surface area contributed by atoms with Crippen LogP contribution in [0.4, 0.5) is 0 Å². The molecule has 4 nitrogen and oxygen atoms in total. The van der Waals surface area contributed by atoms with Crippen molar-refractivity contribution in [1.29, 1.82) is 0 Å². The zero-order chi connectivity index (χ0) is 11.7. The first-order chi connectivity index (χ1) is 8.31. The van der Waals surface area contributed by atoms with Crippen molar-refractivity contribution >= 4 is 22.1 Å². The van der Waals surface area contributed by atoms with E-state index in [1.54, 1.807) is 11.3 Å². The summed E-state index contributed by atoms with van der Waals surface area (Å²) in [7, 11) is 0. The van der Waals surface area contributed by atoms with Gasteiger partial charge in [-0.1, -0.05) is 0 Å². The highest BCUT2D eigenvalue weighted by Gasteiger charge is 2.19. The van der Waals surface area contributed by atoms with E-state index < -0.39 is 0 Å². The summed E-state index contributed by atoms with van der Waals surface area (Å²) in [6.45, 7) is 0.549. The highest BCUT2D eigenvalue weighted by Crippen LogP contribution is 2.19. The van der Waals surface area contributed by atoms with Crippen molar-refractivity contribution in [3.05, 3.63) is 23.5 Å². The molecule has 1 aliphatic carbocycles. The van der Waals surface area contributed by atoms with Crippen LogP contribution in [0, 0.1) is 0 Å². The first kappa shape index (κ1) is 10.9. The molecule has 0 amide bonds. The summed E-state index contributed by atoms with van der Waals surface area (Å²) in [4.78, 5) is 16.6. The first-order valence-corrected chi connectivity index (χ1v) is 6.73. The minimum absolute atomic E-state index is 0.229. The molecule has 17 heavy (non-hydrogen) atoms. The maximum atomic E-state index is 11.1. The molecular formula is C12H14N2O2S. The molecule has 1 fully saturated rings. The summed E-state index contributed by atoms with van der Waals surface area (Å²) >= 11 is 1.62. The van der Waals surface area contributed by atoms with Gasteiger partial charge < -0.3 is 4.74 Å². The van der Waals surface area contributed by atoms with Gasteiger partial charge in [-0.15, -0.1) is 11.3 Å². The molecule has 0 radical (unpaired) electrons. The van der Waals surface area contributed by atoms with Crippen molar-refractivity contribution in [2.75, 3.05) is 0 Å². The number of carbonyl (C=O) groups is 1. The van der Waals surface area contributed by atoms with Gasteiger partial charge in [0.05, 0.1) is 18.4 Å². The first-order valence-electron chi connectivity index (χ1n) is 5.85. The van der Waals surface area contributed by atoms with Crippen molar-refractivity contribution in [3.8, 4) is 0 Å². The van der Waals surface area contributed by atoms with Gasteiger partial charge in [0.25, 0.3) is 0 Å². The number of hydrogen-bond donors (Lipinski definition) is 0. The molecular weight excluding hydrogens is 236 g/mol. The maximum Gasteiger partial charge on any atom is 0.193 e. The topological polar surface area (TPSA) is 43.6 Å². The monoisotopic (exact) mass is 250 g/mol. The van der Waals surface area contributed by atoms with Crippen LogP contribution in [0.15, 0.2) is 17.8 Å². The Hall–Kier alpha value is -1.20. The van der Waals surface area contributed by atoms with Crippen molar-refractivity contribution < 1.29 is 9.53 Å². The average Bonchev–Trinajstić information content (AvgIpc) is 2.88. The van der Waals surface area contributed by atoms with Crippen molar-refractivity contribution in [2.45, 2.75) is 38.4 Å². The second kappa shape index (κ2) is 4.58. The molecule has 0 spiro atoms. The molecule has 0 atom stereocenters. The zero-order valence-electron chi connectivity index (χ0n) is 9.46. The van der Waals surface area contributed by atoms with Gasteiger partial charge in [0, 0.05) is 30.6 Å². The lowest BCUT2D eigenvalue weighted by atomic mass is 9.96. The van der Waals surface area contributed by atoms with Crippen molar-refractivity contribution in [3.63, 3.8) is 0 Å². The number of imidazole rings is 1. The Morgan fingerprint density at radius 2 is 2.29 bits per heavy atom. The van der Waals surface area contributed by atoms with E-state index in [2.05, 4.69) is 4.98 Å². The lowest BCUT2D eigenvalue weighted by Gasteiger charge is -2.20. The quantitative estimate of drug-likeness (QED) is 0.840. The van der Waals surface area contributed by atoms with Gasteiger partial charge in [0.1, 0.15) is 5.78 Å². The largest absolute Gasteiger partial charge is 0.372 e. The van der Waals surface area contributed by atoms with E-state index in [1.165, 1.54) is 0 Å². The van der Waals surface area contributed by atoms with Crippen LogP contribution in [-0.2, 0) is 16.1 Å². The van der Waals surface area contributed by atoms with Crippen LogP contribution in [0.25, 0.3) is 4.96 Å². The Labute approximate surface area is 103 Å². The number of nitrogens with zero attached hydrogens (tertiary/aromatic N) is 2. The molecule has 1 aliphatic rings. The van der Waals surface area contributed by atoms with E-state index in [0.717, 1.165) is 23.5 Å². The summed E-state index contributed by atoms with van der Waals surface area (Å²) in [5.74, 6) is 0.368. The summed E-state index contributed by atoms with van der Waals surface area (Å²) in [5.41, 5.74) is 0.966. The Bertz CT molecular complexity index is 493. The number of fused-ring (bicyclic) bond motifs is 1. The van der Waals surface area contributed by atoms with Crippen molar-refractivity contribution in [2.24, 2.45) is 0 Å². The van der Waals surface area contributed by atoms with Crippen LogP contribution in [0.1, 0.15) is 31.4 Å². The third kappa shape index (κ3) is 2.40. The molecule has 0 N–H and O–H groups in total. The fourth-order valence-electron chi connectivity index (χ4n) is 2.13. The molecule has 0 unspecified atom stereocenters. The molecule has 0 aromatic carbocycles. The molecule has 0 saturated heterocycles. The third-order valence-electron chi connectivity index (χ3n) is 3.10. The summed E-state index contributed by atoms with van der Waals surface area (Å²) in [6, 6.07) is 0. The smallest absolute Gasteiger partial charge is 0.193 e. The normalized spacial score (nSPS) is 18.0. The highest BCUT2D eigenvalue weighted by atomic mass is 32.1. The number of rotatable bonds is 3. The summed E-state index contributed by atoms with van der Waals surface area (Å²) < 4.78 is 7.80. The third-order valence-corrected chi connectivity index (χ3v) is 3.87. The Kier molecular flexibility index (Phi) is 2.94. The fourth-order valence-corrected chi connectivity index (χ4v) is 2.85. The minimum atomic E-state index is 0.229. The predicted octanol–water partition coefficient (Wildman–Crippen LogP) is 2.42. The lowest BCUT2D eigenvalue weighted by Crippen LogP contribution is -2.21. The van der Waals surface area contributed by atoms with Gasteiger partial charge in [0.15, 0.2) is 4.96 Å². The van der Waals surface area contributed by atoms with E-state index in [1.807, 2.05) is 22.2 Å². The number of ketones is 1. The standard InChI is InChI=1S/C12H14N2O2S/c15-10-1-3-11(4-2-10)16-8-9-7-14-5-6-17-12(14)13-9/h5-7,11H,1-4,8H2. The minimum Gasteiger partial charge on any atom is -0.372 e. The number of hydrogen-bond acceptors (Lipinski definition) is 4. The Balaban J connectivity index is 1.57. The summed E-state index contributed by atoms with van der Waals surface area (Å²) in [5, 5.41) is 2.01. The van der Waals surface area contributed by atoms with Crippen LogP contribution in [0.3, 0.4) is 0 Å². The van der Waals surface area contributed by atoms with E-state index in [0.29, 0.717) is 25.2 Å². The van der Waals surface area contributed by atoms with Crippen LogP contribution < -0.4 is 0 Å². The predicted molar refractivity (Wildman–Crippen MR) is 65.1 cm³/mol. The SMILES string of the molecule is O=C1CCC(OCc2cn3ccsc3n2)CC1. The van der Waals surface area contributed by atoms with E-state index in [4.69, 9.17) is 4.74 Å². The second-order valence-corrected chi connectivity index (χ2v) is 5.25. The number of thiazole rings is 1. The lowest BCUT2D eigenvalue weighted by molar-refractivity contribution is -0.123. The number of carbonyl (C=O) groups excluding carboxylic acids is 1. The van der Waals surface area contributed by atoms with Crippen LogP contribution >= 0.6 is 11.3 Å². The van der Waals surface area contributed by atoms with Crippen LogP contribution in [0.2, 0.25) is 0 Å². The van der Waals surface area contributed by atoms with Gasteiger partial charge in [0.2, 0.25) is 0 Å². The molecule has 90 valence electrons. The van der Waals surface area contributed by atoms with E-state index in [9.17, 15) is 4.79 Å². The fraction of sp³-hybridized carbons (Fsp3) is 0.500. The highest BCUT2D eigenvalue weighted by molar-refractivity contribution is 7.15. The molecule has 0 bridgehead atoms. The van der Waals surface area contributed by atoms with Gasteiger partial charge >= 0.3 is 0 Å². The van der Waals surface area contributed by atoms with Crippen LogP contribution in [0.5, 0.6) is 0 Å².